The number of aromatic nitrogens is 2. The van der Waals surface area contributed by atoms with Crippen LogP contribution in [0.2, 0.25) is 0 Å². The minimum atomic E-state index is -0.540. The van der Waals surface area contributed by atoms with Crippen LogP contribution in [-0.4, -0.2) is 77.3 Å². The van der Waals surface area contributed by atoms with Crippen molar-refractivity contribution in [3.8, 4) is 0 Å². The molecule has 0 spiro atoms. The molecule has 10 heteroatoms. The van der Waals surface area contributed by atoms with Crippen molar-refractivity contribution in [3.05, 3.63) is 49.2 Å². The normalized spacial score (nSPS) is 15.8. The monoisotopic (exact) mass is 405 g/mol. The zero-order valence-electron chi connectivity index (χ0n) is 16.9. The molecule has 0 aliphatic carbocycles. The summed E-state index contributed by atoms with van der Waals surface area (Å²) < 4.78 is 7.66. The molecule has 0 amide bonds. The standard InChI is InChI=1S/C19H27N5O5/c1-20-8-10-21(11-9-20)6-3-7-22-17-5-4-15(24(27)28)14-16(17)18(25)23(19(22)26)12-13-29-2/h4-5,14H,3,6-13H2,1-2H3. The van der Waals surface area contributed by atoms with Crippen LogP contribution in [0.15, 0.2) is 27.8 Å². The van der Waals surface area contributed by atoms with Crippen LogP contribution in [-0.2, 0) is 17.8 Å². The number of rotatable bonds is 8. The summed E-state index contributed by atoms with van der Waals surface area (Å²) in [5.74, 6) is 0. The molecular formula is C19H27N5O5. The van der Waals surface area contributed by atoms with Gasteiger partial charge in [-0.05, 0) is 26.1 Å². The Morgan fingerprint density at radius 3 is 2.45 bits per heavy atom. The van der Waals surface area contributed by atoms with E-state index in [4.69, 9.17) is 4.74 Å². The highest BCUT2D eigenvalue weighted by Crippen LogP contribution is 2.17. The summed E-state index contributed by atoms with van der Waals surface area (Å²) in [4.78, 5) is 41.0. The summed E-state index contributed by atoms with van der Waals surface area (Å²) >= 11 is 0. The fraction of sp³-hybridized carbons (Fsp3) is 0.579. The molecule has 0 N–H and O–H groups in total. The van der Waals surface area contributed by atoms with E-state index in [9.17, 15) is 19.7 Å². The Morgan fingerprint density at radius 1 is 1.07 bits per heavy atom. The van der Waals surface area contributed by atoms with Crippen LogP contribution in [0, 0.1) is 10.1 Å². The van der Waals surface area contributed by atoms with Gasteiger partial charge in [0.15, 0.2) is 0 Å². The van der Waals surface area contributed by atoms with Crippen LogP contribution >= 0.6 is 0 Å². The van der Waals surface area contributed by atoms with Crippen molar-refractivity contribution >= 4 is 16.6 Å². The molecule has 0 unspecified atom stereocenters. The lowest BCUT2D eigenvalue weighted by molar-refractivity contribution is -0.384. The van der Waals surface area contributed by atoms with Gasteiger partial charge in [-0.3, -0.25) is 24.0 Å². The van der Waals surface area contributed by atoms with Gasteiger partial charge in [-0.25, -0.2) is 4.79 Å². The highest BCUT2D eigenvalue weighted by molar-refractivity contribution is 5.80. The molecule has 1 aliphatic heterocycles. The zero-order chi connectivity index (χ0) is 21.0. The Kier molecular flexibility index (Phi) is 6.78. The van der Waals surface area contributed by atoms with Crippen LogP contribution in [0.3, 0.4) is 0 Å². The summed E-state index contributed by atoms with van der Waals surface area (Å²) in [6.07, 6.45) is 0.748. The van der Waals surface area contributed by atoms with E-state index in [1.807, 2.05) is 0 Å². The van der Waals surface area contributed by atoms with Gasteiger partial charge in [0.1, 0.15) is 0 Å². The second kappa shape index (κ2) is 9.29. The summed E-state index contributed by atoms with van der Waals surface area (Å²) in [6, 6.07) is 4.07. The van der Waals surface area contributed by atoms with Crippen molar-refractivity contribution in [1.82, 2.24) is 18.9 Å². The van der Waals surface area contributed by atoms with Crippen LogP contribution in [0.5, 0.6) is 0 Å². The molecule has 1 aromatic heterocycles. The number of nitrogens with zero attached hydrogens (tertiary/aromatic N) is 5. The fourth-order valence-corrected chi connectivity index (χ4v) is 3.65. The van der Waals surface area contributed by atoms with Crippen molar-refractivity contribution < 1.29 is 9.66 Å². The molecule has 0 atom stereocenters. The molecule has 0 radical (unpaired) electrons. The lowest BCUT2D eigenvalue weighted by atomic mass is 10.2. The quantitative estimate of drug-likeness (QED) is 0.461. The van der Waals surface area contributed by atoms with Crippen molar-refractivity contribution in [3.63, 3.8) is 0 Å². The number of nitro groups is 1. The Bertz CT molecular complexity index is 991. The number of fused-ring (bicyclic) bond motifs is 1. The number of hydrogen-bond acceptors (Lipinski definition) is 7. The molecule has 10 nitrogen and oxygen atoms in total. The second-order valence-corrected chi connectivity index (χ2v) is 7.34. The molecule has 1 fully saturated rings. The first kappa shape index (κ1) is 21.2. The van der Waals surface area contributed by atoms with E-state index in [1.165, 1.54) is 25.3 Å². The first-order chi connectivity index (χ1) is 13.9. The first-order valence-corrected chi connectivity index (χ1v) is 9.74. The molecule has 29 heavy (non-hydrogen) atoms. The SMILES string of the molecule is COCCn1c(=O)c2cc([N+](=O)[O-])ccc2n(CCCN2CCN(C)CC2)c1=O. The molecule has 0 saturated carbocycles. The van der Waals surface area contributed by atoms with E-state index >= 15 is 0 Å². The van der Waals surface area contributed by atoms with Crippen molar-refractivity contribution in [2.24, 2.45) is 0 Å². The van der Waals surface area contributed by atoms with Crippen molar-refractivity contribution in [2.45, 2.75) is 19.5 Å². The van der Waals surface area contributed by atoms with Gasteiger partial charge in [0.25, 0.3) is 11.2 Å². The average Bonchev–Trinajstić information content (AvgIpc) is 2.71. The number of hydrogen-bond donors (Lipinski definition) is 0. The number of piperazine rings is 1. The first-order valence-electron chi connectivity index (χ1n) is 9.74. The summed E-state index contributed by atoms with van der Waals surface area (Å²) in [5.41, 5.74) is -0.680. The van der Waals surface area contributed by atoms with E-state index in [1.54, 1.807) is 4.57 Å². The van der Waals surface area contributed by atoms with Crippen LogP contribution in [0.25, 0.3) is 10.9 Å². The second-order valence-electron chi connectivity index (χ2n) is 7.34. The molecule has 158 valence electrons. The number of methoxy groups -OCH3 is 1. The molecule has 1 aromatic carbocycles. The van der Waals surface area contributed by atoms with Gasteiger partial charge in [0, 0.05) is 52.0 Å². The lowest BCUT2D eigenvalue weighted by Gasteiger charge is -2.32. The maximum Gasteiger partial charge on any atom is 0.331 e. The smallest absolute Gasteiger partial charge is 0.331 e. The number of likely N-dealkylation sites (N-methyl/N-ethyl adjacent to an activating group) is 1. The Labute approximate surface area is 168 Å². The minimum Gasteiger partial charge on any atom is -0.383 e. The molecule has 2 aromatic rings. The maximum atomic E-state index is 13.0. The van der Waals surface area contributed by atoms with Crippen LogP contribution in [0.4, 0.5) is 5.69 Å². The third-order valence-electron chi connectivity index (χ3n) is 5.39. The number of non-ortho nitro benzene ring substituents is 1. The molecule has 2 heterocycles. The number of aryl methyl sites for hydroxylation is 1. The summed E-state index contributed by atoms with van der Waals surface area (Å²) in [7, 11) is 3.59. The van der Waals surface area contributed by atoms with Crippen LogP contribution < -0.4 is 11.2 Å². The number of ether oxygens (including phenoxy) is 1. The Hall–Kier alpha value is -2.56. The molecular weight excluding hydrogens is 378 g/mol. The Balaban J connectivity index is 1.92. The fourth-order valence-electron chi connectivity index (χ4n) is 3.65. The summed E-state index contributed by atoms with van der Waals surface area (Å²) in [5, 5.41) is 11.3. The van der Waals surface area contributed by atoms with E-state index < -0.39 is 16.2 Å². The number of nitro benzene ring substituents is 1. The molecule has 1 aliphatic rings. The van der Waals surface area contributed by atoms with Gasteiger partial charge in [-0.15, -0.1) is 0 Å². The van der Waals surface area contributed by atoms with Crippen molar-refractivity contribution in [2.75, 3.05) is 53.5 Å². The molecule has 0 bridgehead atoms. The predicted molar refractivity (Wildman–Crippen MR) is 110 cm³/mol. The minimum absolute atomic E-state index is 0.102. The molecule has 3 rings (SSSR count). The van der Waals surface area contributed by atoms with E-state index in [2.05, 4.69) is 16.8 Å². The average molecular weight is 405 g/mol. The third kappa shape index (κ3) is 4.72. The van der Waals surface area contributed by atoms with E-state index in [0.717, 1.165) is 43.7 Å². The maximum absolute atomic E-state index is 13.0. The Morgan fingerprint density at radius 2 is 1.79 bits per heavy atom. The van der Waals surface area contributed by atoms with Gasteiger partial charge in [-0.2, -0.15) is 0 Å². The predicted octanol–water partition coefficient (Wildman–Crippen LogP) is 0.355. The largest absolute Gasteiger partial charge is 0.383 e. The van der Waals surface area contributed by atoms with Gasteiger partial charge in [0.2, 0.25) is 0 Å². The van der Waals surface area contributed by atoms with Gasteiger partial charge in [-0.1, -0.05) is 0 Å². The topological polar surface area (TPSA) is 103 Å². The summed E-state index contributed by atoms with van der Waals surface area (Å²) in [6.45, 7) is 5.63. The van der Waals surface area contributed by atoms with E-state index in [-0.39, 0.29) is 24.2 Å². The highest BCUT2D eigenvalue weighted by atomic mass is 16.6. The molecule has 1 saturated heterocycles. The third-order valence-corrected chi connectivity index (χ3v) is 5.39. The van der Waals surface area contributed by atoms with Gasteiger partial charge in [0.05, 0.1) is 29.0 Å². The van der Waals surface area contributed by atoms with Crippen LogP contribution in [0.1, 0.15) is 6.42 Å². The highest BCUT2D eigenvalue weighted by Gasteiger charge is 2.17. The van der Waals surface area contributed by atoms with Crippen molar-refractivity contribution in [1.29, 1.82) is 0 Å². The number of benzene rings is 1. The van der Waals surface area contributed by atoms with E-state index in [0.29, 0.717) is 12.1 Å². The zero-order valence-corrected chi connectivity index (χ0v) is 16.9. The van der Waals surface area contributed by atoms with Gasteiger partial charge >= 0.3 is 5.69 Å². The van der Waals surface area contributed by atoms with Gasteiger partial charge < -0.3 is 14.5 Å². The lowest BCUT2D eigenvalue weighted by Crippen LogP contribution is -2.45.